The number of hydrogen-bond donors (Lipinski definition) is 3. The number of benzene rings is 3. The van der Waals surface area contributed by atoms with Gasteiger partial charge in [-0.1, -0.05) is 30.3 Å². The van der Waals surface area contributed by atoms with Crippen molar-refractivity contribution in [3.8, 4) is 11.3 Å². The lowest BCUT2D eigenvalue weighted by atomic mass is 9.97. The van der Waals surface area contributed by atoms with E-state index in [9.17, 15) is 19.8 Å². The number of hydrogen-bond acceptors (Lipinski definition) is 8. The lowest BCUT2D eigenvalue weighted by molar-refractivity contribution is 0.0600. The second-order valence-corrected chi connectivity index (χ2v) is 7.97. The third-order valence-corrected chi connectivity index (χ3v) is 5.77. The van der Waals surface area contributed by atoms with Crippen molar-refractivity contribution in [3.63, 3.8) is 0 Å². The largest absolute Gasteiger partial charge is 0.465 e. The van der Waals surface area contributed by atoms with Crippen molar-refractivity contribution >= 4 is 28.6 Å². The van der Waals surface area contributed by atoms with E-state index in [1.54, 1.807) is 43.4 Å². The first kappa shape index (κ1) is 24.0. The highest BCUT2D eigenvalue weighted by molar-refractivity contribution is 5.99. The molecular weight excluding hydrogens is 446 g/mol. The van der Waals surface area contributed by atoms with E-state index in [0.29, 0.717) is 39.4 Å². The van der Waals surface area contributed by atoms with Crippen LogP contribution in [0.2, 0.25) is 0 Å². The first-order valence-corrected chi connectivity index (χ1v) is 11.0. The van der Waals surface area contributed by atoms with Gasteiger partial charge in [0.1, 0.15) is 0 Å². The Morgan fingerprint density at radius 1 is 0.914 bits per heavy atom. The van der Waals surface area contributed by atoms with E-state index in [1.807, 2.05) is 24.3 Å². The van der Waals surface area contributed by atoms with Gasteiger partial charge in [-0.15, -0.1) is 0 Å². The van der Waals surface area contributed by atoms with Crippen molar-refractivity contribution in [2.75, 3.05) is 19.5 Å². The summed E-state index contributed by atoms with van der Waals surface area (Å²) in [5.41, 5.74) is 4.96. The summed E-state index contributed by atoms with van der Waals surface area (Å²) in [6, 6.07) is 17.4. The zero-order chi connectivity index (χ0) is 24.9. The number of anilines is 1. The fourth-order valence-corrected chi connectivity index (χ4v) is 3.92. The summed E-state index contributed by atoms with van der Waals surface area (Å²) in [7, 11) is 3.03. The number of aliphatic hydroxyl groups is 2. The van der Waals surface area contributed by atoms with Crippen LogP contribution in [0.5, 0.6) is 0 Å². The van der Waals surface area contributed by atoms with E-state index in [1.165, 1.54) is 7.11 Å². The van der Waals surface area contributed by atoms with Gasteiger partial charge in [0.05, 0.1) is 37.1 Å². The molecule has 0 bridgehead atoms. The average molecular weight is 472 g/mol. The minimum Gasteiger partial charge on any atom is -0.465 e. The third kappa shape index (κ3) is 5.03. The monoisotopic (exact) mass is 471 g/mol. The summed E-state index contributed by atoms with van der Waals surface area (Å²) in [4.78, 5) is 33.6. The fourth-order valence-electron chi connectivity index (χ4n) is 3.92. The highest BCUT2D eigenvalue weighted by atomic mass is 16.5. The van der Waals surface area contributed by atoms with E-state index in [0.717, 1.165) is 16.5 Å². The smallest absolute Gasteiger partial charge is 0.337 e. The predicted octanol–water partition coefficient (Wildman–Crippen LogP) is 3.54. The van der Waals surface area contributed by atoms with Gasteiger partial charge in [-0.05, 0) is 47.0 Å². The number of esters is 1. The van der Waals surface area contributed by atoms with Gasteiger partial charge >= 0.3 is 5.97 Å². The molecule has 178 valence electrons. The average Bonchev–Trinajstić information content (AvgIpc) is 2.91. The topological polar surface area (TPSA) is 122 Å². The Morgan fingerprint density at radius 2 is 1.60 bits per heavy atom. The molecule has 0 atom stereocenters. The highest BCUT2D eigenvalue weighted by Crippen LogP contribution is 2.30. The van der Waals surface area contributed by atoms with Crippen molar-refractivity contribution in [1.82, 2.24) is 9.97 Å². The molecule has 0 aliphatic rings. The Bertz CT molecular complexity index is 1400. The van der Waals surface area contributed by atoms with Crippen LogP contribution >= 0.6 is 0 Å². The van der Waals surface area contributed by atoms with E-state index < -0.39 is 5.97 Å². The van der Waals surface area contributed by atoms with Gasteiger partial charge in [-0.3, -0.25) is 4.79 Å². The first-order chi connectivity index (χ1) is 17.0. The molecule has 35 heavy (non-hydrogen) atoms. The van der Waals surface area contributed by atoms with Crippen LogP contribution in [0, 0.1) is 0 Å². The number of carbonyl (C=O) groups is 2. The lowest BCUT2D eigenvalue weighted by Crippen LogP contribution is -2.06. The third-order valence-electron chi connectivity index (χ3n) is 5.77. The van der Waals surface area contributed by atoms with Gasteiger partial charge in [-0.25, -0.2) is 14.8 Å². The molecule has 0 aliphatic heterocycles. The number of Topliss-reactive ketones (excluding diaryl/α,β-unsaturated/α-hetero) is 1. The number of ketones is 1. The van der Waals surface area contributed by atoms with Crippen molar-refractivity contribution in [2.45, 2.75) is 19.6 Å². The molecule has 0 unspecified atom stereocenters. The number of rotatable bonds is 8. The maximum atomic E-state index is 12.9. The van der Waals surface area contributed by atoms with Crippen LogP contribution in [0.15, 0.2) is 60.7 Å². The Kier molecular flexibility index (Phi) is 7.14. The molecule has 3 N–H and O–H groups in total. The molecule has 0 saturated carbocycles. The molecule has 1 aromatic heterocycles. The van der Waals surface area contributed by atoms with Crippen LogP contribution in [-0.2, 0) is 24.4 Å². The van der Waals surface area contributed by atoms with Crippen molar-refractivity contribution in [3.05, 3.63) is 88.5 Å². The molecule has 4 aromatic rings. The molecule has 0 saturated heterocycles. The molecule has 0 aliphatic carbocycles. The van der Waals surface area contributed by atoms with Crippen LogP contribution in [0.1, 0.15) is 37.4 Å². The molecule has 0 fully saturated rings. The number of methoxy groups -OCH3 is 1. The molecule has 3 aromatic carbocycles. The molecule has 4 rings (SSSR count). The lowest BCUT2D eigenvalue weighted by Gasteiger charge is -2.13. The van der Waals surface area contributed by atoms with Gasteiger partial charge in [0.25, 0.3) is 0 Å². The van der Waals surface area contributed by atoms with Crippen LogP contribution < -0.4 is 5.32 Å². The van der Waals surface area contributed by atoms with E-state index in [4.69, 9.17) is 4.74 Å². The first-order valence-electron chi connectivity index (χ1n) is 11.0. The number of fused-ring (bicyclic) bond motifs is 1. The van der Waals surface area contributed by atoms with E-state index in [-0.39, 0.29) is 25.4 Å². The Hall–Kier alpha value is -4.14. The highest BCUT2D eigenvalue weighted by Gasteiger charge is 2.15. The summed E-state index contributed by atoms with van der Waals surface area (Å²) in [6.07, 6.45) is 0.170. The van der Waals surface area contributed by atoms with Gasteiger partial charge < -0.3 is 20.3 Å². The molecule has 0 radical (unpaired) electrons. The zero-order valence-corrected chi connectivity index (χ0v) is 19.4. The Labute approximate surface area is 202 Å². The van der Waals surface area contributed by atoms with Crippen LogP contribution in [0.25, 0.3) is 22.2 Å². The zero-order valence-electron chi connectivity index (χ0n) is 19.4. The van der Waals surface area contributed by atoms with Gasteiger partial charge in [0.2, 0.25) is 5.95 Å². The minimum absolute atomic E-state index is 0.0859. The second-order valence-electron chi connectivity index (χ2n) is 7.97. The normalized spacial score (nSPS) is 10.9. The number of nitrogens with one attached hydrogen (secondary N) is 1. The SMILES string of the molecule is CNc1nc(-c2cccc(CC(=O)c3ccc(C(=O)OC)cc3)c2)c2cc(CO)c(CO)cc2n1. The molecular formula is C27H25N3O5. The second kappa shape index (κ2) is 10.4. The molecule has 8 heteroatoms. The number of carbonyl (C=O) groups excluding carboxylic acids is 2. The Morgan fingerprint density at radius 3 is 2.26 bits per heavy atom. The van der Waals surface area contributed by atoms with Crippen molar-refractivity contribution < 1.29 is 24.5 Å². The van der Waals surface area contributed by atoms with Gasteiger partial charge in [-0.2, -0.15) is 0 Å². The summed E-state index contributed by atoms with van der Waals surface area (Å²) >= 11 is 0. The van der Waals surface area contributed by atoms with Gasteiger partial charge in [0.15, 0.2) is 5.78 Å². The van der Waals surface area contributed by atoms with Crippen molar-refractivity contribution in [1.29, 1.82) is 0 Å². The molecule has 1 heterocycles. The van der Waals surface area contributed by atoms with Crippen molar-refractivity contribution in [2.24, 2.45) is 0 Å². The molecule has 0 amide bonds. The minimum atomic E-state index is -0.454. The summed E-state index contributed by atoms with van der Waals surface area (Å²) in [5, 5.41) is 23.1. The standard InChI is InChI=1S/C27H25N3O5/c1-28-27-29-23-13-21(15-32)20(14-31)12-22(23)25(30-27)19-5-3-4-16(10-19)11-24(33)17-6-8-18(9-7-17)26(34)35-2/h3-10,12-13,31-32H,11,14-15H2,1-2H3,(H,28,29,30). The quantitative estimate of drug-likeness (QED) is 0.264. The van der Waals surface area contributed by atoms with Gasteiger partial charge in [0, 0.05) is 30.0 Å². The number of aromatic nitrogens is 2. The number of ether oxygens (including phenoxy) is 1. The van der Waals surface area contributed by atoms with E-state index in [2.05, 4.69) is 15.3 Å². The fraction of sp³-hybridized carbons (Fsp3) is 0.185. The summed E-state index contributed by atoms with van der Waals surface area (Å²) in [5.74, 6) is -0.123. The molecule has 0 spiro atoms. The van der Waals surface area contributed by atoms with Crippen LogP contribution in [-0.4, -0.2) is 46.1 Å². The predicted molar refractivity (Wildman–Crippen MR) is 132 cm³/mol. The summed E-state index contributed by atoms with van der Waals surface area (Å²) in [6.45, 7) is -0.430. The number of nitrogens with zero attached hydrogens (tertiary/aromatic N) is 2. The van der Waals surface area contributed by atoms with E-state index >= 15 is 0 Å². The molecule has 8 nitrogen and oxygen atoms in total. The van der Waals surface area contributed by atoms with Crippen LogP contribution in [0.4, 0.5) is 5.95 Å². The van der Waals surface area contributed by atoms with Crippen LogP contribution in [0.3, 0.4) is 0 Å². The number of aliphatic hydroxyl groups excluding tert-OH is 2. The summed E-state index contributed by atoms with van der Waals surface area (Å²) < 4.78 is 4.70. The Balaban J connectivity index is 1.69. The maximum absolute atomic E-state index is 12.9. The maximum Gasteiger partial charge on any atom is 0.337 e.